The predicted molar refractivity (Wildman–Crippen MR) is 212 cm³/mol. The Morgan fingerprint density at radius 2 is 1.48 bits per heavy atom. The van der Waals surface area contributed by atoms with Crippen molar-refractivity contribution in [1.29, 1.82) is 10.5 Å². The van der Waals surface area contributed by atoms with Gasteiger partial charge in [-0.15, -0.1) is 0 Å². The van der Waals surface area contributed by atoms with Crippen LogP contribution in [0.4, 0.5) is 0 Å². The van der Waals surface area contributed by atoms with Crippen molar-refractivity contribution in [2.45, 2.75) is 36.5 Å². The average Bonchev–Trinajstić information content (AvgIpc) is 3.66. The molecule has 0 saturated heterocycles. The summed E-state index contributed by atoms with van der Waals surface area (Å²) in [5.74, 6) is 0.289. The quantitative estimate of drug-likeness (QED) is 0.174. The molecule has 0 spiro atoms. The number of hydrogen-bond acceptors (Lipinski definition) is 3. The van der Waals surface area contributed by atoms with Gasteiger partial charge >= 0.3 is 0 Å². The minimum atomic E-state index is -0.311. The van der Waals surface area contributed by atoms with Gasteiger partial charge in [0.15, 0.2) is 0 Å². The zero-order valence-corrected chi connectivity index (χ0v) is 29.6. The Morgan fingerprint density at radius 1 is 0.750 bits per heavy atom. The Bertz CT molecular complexity index is 2630. The van der Waals surface area contributed by atoms with E-state index in [2.05, 4.69) is 163 Å². The van der Waals surface area contributed by atoms with E-state index in [1.165, 1.54) is 54.0 Å². The lowest BCUT2D eigenvalue weighted by atomic mass is 9.64. The van der Waals surface area contributed by atoms with Crippen molar-refractivity contribution >= 4 is 39.1 Å². The highest BCUT2D eigenvalue weighted by Gasteiger charge is 2.40. The molecule has 4 unspecified atom stereocenters. The second-order valence-electron chi connectivity index (χ2n) is 14.6. The zero-order valence-electron chi connectivity index (χ0n) is 28.8. The summed E-state index contributed by atoms with van der Waals surface area (Å²) in [6.07, 6.45) is 11.1. The van der Waals surface area contributed by atoms with Crippen LogP contribution < -0.4 is 0 Å². The van der Waals surface area contributed by atoms with Crippen molar-refractivity contribution in [3.05, 3.63) is 183 Å². The van der Waals surface area contributed by atoms with Crippen molar-refractivity contribution < 1.29 is 0 Å². The third kappa shape index (κ3) is 4.72. The summed E-state index contributed by atoms with van der Waals surface area (Å²) >= 11 is 1.92. The summed E-state index contributed by atoms with van der Waals surface area (Å²) in [7, 11) is 0. The molecule has 0 amide bonds. The minimum Gasteiger partial charge on any atom is -0.308 e. The Balaban J connectivity index is 1.11. The third-order valence-electron chi connectivity index (χ3n) is 11.9. The first-order valence-electron chi connectivity index (χ1n) is 18.2. The fourth-order valence-corrected chi connectivity index (χ4v) is 10.8. The number of nitrogens with zero attached hydrogens (tertiary/aromatic N) is 3. The summed E-state index contributed by atoms with van der Waals surface area (Å²) in [4.78, 5) is 2.80. The molecule has 10 rings (SSSR count). The Kier molecular flexibility index (Phi) is 7.24. The zero-order chi connectivity index (χ0) is 34.9. The molecule has 2 heterocycles. The molecule has 0 N–H and O–H groups in total. The number of benzene rings is 5. The standard InChI is InChI=1S/C48H35N3S/c1-29-18-19-32(27-49)48(31-20-21-42(35(23-31)28-50)51-43-15-7-4-12-37(43)38-13-5-8-16-44(38)51)47(29)34-22-30-10-2-3-11-36(30)40-26-41-39-14-6-9-17-45(39)52-46(41)25-33(40)24-34/h2-21,23-25,29,32,41,47-48H,22,26H2,1H3/t29?,32?,41?,47?,48-/m1/s1. The van der Waals surface area contributed by atoms with E-state index in [0.717, 1.165) is 35.1 Å². The van der Waals surface area contributed by atoms with E-state index >= 15 is 0 Å². The van der Waals surface area contributed by atoms with Crippen LogP contribution in [0.5, 0.6) is 0 Å². The van der Waals surface area contributed by atoms with E-state index in [4.69, 9.17) is 0 Å². The van der Waals surface area contributed by atoms with Crippen molar-refractivity contribution in [3.63, 3.8) is 0 Å². The number of nitriles is 2. The van der Waals surface area contributed by atoms with Gasteiger partial charge in [0.2, 0.25) is 0 Å². The average molecular weight is 686 g/mol. The normalized spacial score (nSPS) is 23.1. The lowest BCUT2D eigenvalue weighted by Gasteiger charge is -2.38. The summed E-state index contributed by atoms with van der Waals surface area (Å²) in [6, 6.07) is 46.2. The van der Waals surface area contributed by atoms with Crippen LogP contribution in [0.2, 0.25) is 0 Å². The predicted octanol–water partition coefficient (Wildman–Crippen LogP) is 11.8. The van der Waals surface area contributed by atoms with Crippen molar-refractivity contribution in [1.82, 2.24) is 4.57 Å². The first kappa shape index (κ1) is 31.0. The van der Waals surface area contributed by atoms with Crippen LogP contribution in [0.15, 0.2) is 161 Å². The third-order valence-corrected chi connectivity index (χ3v) is 13.1. The molecule has 0 saturated carbocycles. The van der Waals surface area contributed by atoms with E-state index in [-0.39, 0.29) is 23.7 Å². The fraction of sp³-hybridized carbons (Fsp3) is 0.167. The molecule has 3 aliphatic carbocycles. The van der Waals surface area contributed by atoms with Gasteiger partial charge in [0.05, 0.1) is 34.3 Å². The van der Waals surface area contributed by atoms with E-state index in [1.807, 2.05) is 11.8 Å². The molecule has 4 aliphatic rings. The van der Waals surface area contributed by atoms with Crippen LogP contribution in [0.25, 0.3) is 33.1 Å². The maximum Gasteiger partial charge on any atom is 0.101 e. The highest BCUT2D eigenvalue weighted by molar-refractivity contribution is 8.03. The van der Waals surface area contributed by atoms with E-state index in [0.29, 0.717) is 11.5 Å². The number of thioether (sulfide) groups is 1. The van der Waals surface area contributed by atoms with Crippen LogP contribution in [-0.2, 0) is 6.42 Å². The summed E-state index contributed by atoms with van der Waals surface area (Å²) in [6.45, 7) is 2.30. The lowest BCUT2D eigenvalue weighted by Crippen LogP contribution is -2.30. The maximum atomic E-state index is 10.7. The molecular weight excluding hydrogens is 651 g/mol. The Labute approximate surface area is 308 Å². The summed E-state index contributed by atoms with van der Waals surface area (Å²) in [5, 5.41) is 23.7. The molecule has 0 fully saturated rings. The molecule has 248 valence electrons. The van der Waals surface area contributed by atoms with Gasteiger partial charge in [0, 0.05) is 27.5 Å². The fourth-order valence-electron chi connectivity index (χ4n) is 9.58. The van der Waals surface area contributed by atoms with Crippen LogP contribution in [0.3, 0.4) is 0 Å². The highest BCUT2D eigenvalue weighted by atomic mass is 32.2. The second kappa shape index (κ2) is 12.2. The molecule has 1 aliphatic heterocycles. The topological polar surface area (TPSA) is 52.5 Å². The lowest BCUT2D eigenvalue weighted by molar-refractivity contribution is 0.340. The number of hydrogen-bond donors (Lipinski definition) is 0. The first-order valence-corrected chi connectivity index (χ1v) is 19.0. The molecular formula is C48H35N3S. The summed E-state index contributed by atoms with van der Waals surface area (Å²) in [5.41, 5.74) is 12.9. The SMILES string of the molecule is CC1C=CC(C#N)[C@@H](c2ccc(-n3c4ccccc4c4ccccc43)c(C#N)c2)C1C1=CC2=C(CC3C(=C2)Sc2ccccc23)c2ccccc2C1. The second-order valence-corrected chi connectivity index (χ2v) is 15.8. The van der Waals surface area contributed by atoms with Gasteiger partial charge in [0.25, 0.3) is 0 Å². The van der Waals surface area contributed by atoms with E-state index < -0.39 is 0 Å². The molecule has 0 bridgehead atoms. The smallest absolute Gasteiger partial charge is 0.101 e. The van der Waals surface area contributed by atoms with Gasteiger partial charge in [-0.3, -0.25) is 0 Å². The highest BCUT2D eigenvalue weighted by Crippen LogP contribution is 2.56. The number of allylic oxidation sites excluding steroid dienone is 8. The number of para-hydroxylation sites is 2. The molecule has 0 radical (unpaired) electrons. The van der Waals surface area contributed by atoms with Crippen molar-refractivity contribution in [2.75, 3.05) is 0 Å². The van der Waals surface area contributed by atoms with Crippen molar-refractivity contribution in [2.24, 2.45) is 17.8 Å². The van der Waals surface area contributed by atoms with Crippen LogP contribution in [-0.4, -0.2) is 4.57 Å². The van der Waals surface area contributed by atoms with Gasteiger partial charge in [0.1, 0.15) is 6.07 Å². The van der Waals surface area contributed by atoms with Gasteiger partial charge in [-0.05, 0) is 99.4 Å². The Morgan fingerprint density at radius 3 is 2.27 bits per heavy atom. The van der Waals surface area contributed by atoms with Gasteiger partial charge in [-0.25, -0.2) is 0 Å². The monoisotopic (exact) mass is 685 g/mol. The molecule has 4 heteroatoms. The number of aromatic nitrogens is 1. The number of rotatable bonds is 3. The maximum absolute atomic E-state index is 10.7. The number of fused-ring (bicyclic) bond motifs is 8. The van der Waals surface area contributed by atoms with Crippen LogP contribution in [0.1, 0.15) is 53.0 Å². The minimum absolute atomic E-state index is 0.0877. The first-order chi connectivity index (χ1) is 25.6. The van der Waals surface area contributed by atoms with Gasteiger partial charge in [-0.2, -0.15) is 10.5 Å². The molecule has 3 nitrogen and oxygen atoms in total. The Hall–Kier alpha value is -5.81. The van der Waals surface area contributed by atoms with E-state index in [9.17, 15) is 10.5 Å². The van der Waals surface area contributed by atoms with Gasteiger partial charge in [-0.1, -0.05) is 127 Å². The van der Waals surface area contributed by atoms with Crippen LogP contribution in [0, 0.1) is 40.4 Å². The molecule has 5 atom stereocenters. The summed E-state index contributed by atoms with van der Waals surface area (Å²) < 4.78 is 2.22. The van der Waals surface area contributed by atoms with E-state index in [1.54, 1.807) is 0 Å². The largest absolute Gasteiger partial charge is 0.308 e. The molecule has 52 heavy (non-hydrogen) atoms. The van der Waals surface area contributed by atoms with Crippen LogP contribution >= 0.6 is 11.8 Å². The van der Waals surface area contributed by atoms with Gasteiger partial charge < -0.3 is 4.57 Å². The molecule has 5 aromatic carbocycles. The molecule has 1 aromatic heterocycles. The molecule has 6 aromatic rings. The van der Waals surface area contributed by atoms with Crippen molar-refractivity contribution in [3.8, 4) is 17.8 Å².